The Labute approximate surface area is 711 Å². The summed E-state index contributed by atoms with van der Waals surface area (Å²) in [4.78, 5) is 129. The summed E-state index contributed by atoms with van der Waals surface area (Å²) in [7, 11) is 0. The fourth-order valence-corrected chi connectivity index (χ4v) is 26.3. The molecule has 10 saturated carbocycles. The lowest BCUT2D eigenvalue weighted by Crippen LogP contribution is -2.63. The first-order valence-corrected chi connectivity index (χ1v) is 46.0. The zero-order valence-corrected chi connectivity index (χ0v) is 73.2. The third kappa shape index (κ3) is 21.2. The zero-order valence-electron chi connectivity index (χ0n) is 73.2. The van der Waals surface area contributed by atoms with Crippen LogP contribution in [0.25, 0.3) is 0 Å². The lowest BCUT2D eigenvalue weighted by molar-refractivity contribution is -0.219. The highest BCUT2D eigenvalue weighted by atomic mass is 16.6. The van der Waals surface area contributed by atoms with Crippen LogP contribution in [0.4, 0.5) is 0 Å². The van der Waals surface area contributed by atoms with Crippen molar-refractivity contribution in [3.63, 3.8) is 0 Å². The van der Waals surface area contributed by atoms with Gasteiger partial charge in [0.1, 0.15) is 73.5 Å². The molecule has 0 saturated heterocycles. The van der Waals surface area contributed by atoms with Gasteiger partial charge >= 0.3 is 35.8 Å². The molecule has 2 aromatic rings. The van der Waals surface area contributed by atoms with Crippen molar-refractivity contribution in [2.75, 3.05) is 26.4 Å². The summed E-state index contributed by atoms with van der Waals surface area (Å²) in [5, 5.41) is 0. The maximum atomic E-state index is 13.9. The monoisotopic (exact) mass is 1670 g/mol. The molecular formula is C98H138O22. The van der Waals surface area contributed by atoms with E-state index in [1.54, 1.807) is 13.8 Å². The lowest BCUT2D eigenvalue weighted by Gasteiger charge is -2.64. The number of esters is 6. The van der Waals surface area contributed by atoms with Gasteiger partial charge in [0.25, 0.3) is 25.9 Å². The molecule has 2 aromatic carbocycles. The molecular weight excluding hydrogens is 1530 g/mol. The van der Waals surface area contributed by atoms with E-state index in [9.17, 15) is 47.9 Å². The molecule has 0 bridgehead atoms. The highest BCUT2D eigenvalue weighted by Crippen LogP contribution is 2.72. The van der Waals surface area contributed by atoms with E-state index in [4.69, 9.17) is 56.8 Å². The minimum absolute atomic E-state index is 0.0359. The summed E-state index contributed by atoms with van der Waals surface area (Å²) in [6.45, 7) is 24.4. The van der Waals surface area contributed by atoms with Gasteiger partial charge in [-0.1, -0.05) is 78.6 Å². The molecule has 0 radical (unpaired) electrons. The van der Waals surface area contributed by atoms with E-state index in [0.717, 1.165) is 125 Å². The Morgan fingerprint density at radius 3 is 1.18 bits per heavy atom. The minimum Gasteiger partial charge on any atom is -0.489 e. The van der Waals surface area contributed by atoms with E-state index in [0.29, 0.717) is 128 Å². The van der Waals surface area contributed by atoms with Crippen molar-refractivity contribution in [3.8, 4) is 11.5 Å². The van der Waals surface area contributed by atoms with Gasteiger partial charge in [-0.2, -0.15) is 0 Å². The van der Waals surface area contributed by atoms with E-state index in [-0.39, 0.29) is 217 Å². The van der Waals surface area contributed by atoms with E-state index in [1.807, 2.05) is 38.1 Å². The minimum atomic E-state index is -0.427. The Morgan fingerprint density at radius 2 is 0.800 bits per heavy atom. The van der Waals surface area contributed by atoms with Gasteiger partial charge in [-0.3, -0.25) is 38.4 Å². The van der Waals surface area contributed by atoms with Gasteiger partial charge in [0.15, 0.2) is 0 Å². The summed E-state index contributed by atoms with van der Waals surface area (Å²) < 4.78 is 71.9. The van der Waals surface area contributed by atoms with Crippen LogP contribution in [-0.4, -0.2) is 137 Å². The van der Waals surface area contributed by atoms with Crippen molar-refractivity contribution in [2.24, 2.45) is 105 Å². The Balaban J connectivity index is 0.577. The number of hydrogen-bond donors (Lipinski definition) is 0. The number of rotatable bonds is 39. The van der Waals surface area contributed by atoms with Gasteiger partial charge in [-0.05, 0) is 323 Å². The molecule has 10 aliphatic carbocycles. The molecule has 12 rings (SSSR count). The van der Waals surface area contributed by atoms with Crippen LogP contribution < -0.4 is 9.47 Å². The quantitative estimate of drug-likeness (QED) is 0.0198. The SMILES string of the molecule is CCOC(=O)/C=C(/C)COc1ccc(CC2CCCCC2OC(=O)CC[C@@H](C)[C@H]2CC[C@H]3[C@@H]4[C@H](OC=O)C[C@@H]5C[C@H](OC(=O)CCCCC(=O)O[C@@H]6CC[C@@]7(C)[C@@H](C6)C[C@@H](OC=O)[C@@H]6[C@@H]7C[C@H](OC=O)[C@]7(C)[C@@H]([C@H](C)CCC(=O)OC8CCCCC8Cc8ccc(OC/C(C)=C\C(=O)OCC)cc8)CC[C@@H]67)CC[C@]5(C)[C@H]4C[C@H](OC=O)[C@]23C)cc1. The number of carbonyl (C=O) groups is 10. The average Bonchev–Trinajstić information content (AvgIpc) is 1.19. The van der Waals surface area contributed by atoms with Gasteiger partial charge < -0.3 is 56.8 Å². The van der Waals surface area contributed by atoms with E-state index < -0.39 is 10.8 Å². The van der Waals surface area contributed by atoms with Crippen LogP contribution >= 0.6 is 0 Å². The van der Waals surface area contributed by atoms with Crippen LogP contribution in [0, 0.1) is 105 Å². The molecule has 10 aliphatic rings. The smallest absolute Gasteiger partial charge is 0.330 e. The second-order valence-corrected chi connectivity index (χ2v) is 38.9. The molecule has 0 N–H and O–H groups in total. The van der Waals surface area contributed by atoms with Gasteiger partial charge in [0.2, 0.25) is 0 Å². The first kappa shape index (κ1) is 91.4. The maximum Gasteiger partial charge on any atom is 0.330 e. The summed E-state index contributed by atoms with van der Waals surface area (Å²) in [6.07, 6.45) is 23.1. The van der Waals surface area contributed by atoms with Crippen LogP contribution in [0.5, 0.6) is 11.5 Å². The lowest BCUT2D eigenvalue weighted by atomic mass is 9.43. The highest BCUT2D eigenvalue weighted by molar-refractivity contribution is 5.83. The molecule has 0 heterocycles. The second-order valence-electron chi connectivity index (χ2n) is 38.9. The summed E-state index contributed by atoms with van der Waals surface area (Å²) in [6, 6.07) is 16.0. The predicted molar refractivity (Wildman–Crippen MR) is 446 cm³/mol. The molecule has 0 aromatic heterocycles. The molecule has 0 amide bonds. The van der Waals surface area contributed by atoms with Gasteiger partial charge in [0, 0.05) is 60.5 Å². The number of unbranched alkanes of at least 4 members (excludes halogenated alkanes) is 1. The first-order chi connectivity index (χ1) is 57.8. The zero-order chi connectivity index (χ0) is 85.5. The van der Waals surface area contributed by atoms with Crippen molar-refractivity contribution < 1.29 is 105 Å². The molecule has 662 valence electrons. The van der Waals surface area contributed by atoms with Gasteiger partial charge in [-0.25, -0.2) is 9.59 Å². The molecule has 26 atom stereocenters. The Morgan fingerprint density at radius 1 is 0.425 bits per heavy atom. The van der Waals surface area contributed by atoms with Gasteiger partial charge in [0.05, 0.1) is 13.2 Å². The fourth-order valence-electron chi connectivity index (χ4n) is 26.3. The topological polar surface area (TPSA) is 281 Å². The van der Waals surface area contributed by atoms with Crippen LogP contribution in [0.3, 0.4) is 0 Å². The number of ether oxygens (including phenoxy) is 12. The van der Waals surface area contributed by atoms with Crippen molar-refractivity contribution in [1.29, 1.82) is 0 Å². The molecule has 4 unspecified atom stereocenters. The largest absolute Gasteiger partial charge is 0.489 e. The maximum absolute atomic E-state index is 13.9. The van der Waals surface area contributed by atoms with Crippen LogP contribution in [0.15, 0.2) is 71.8 Å². The summed E-state index contributed by atoms with van der Waals surface area (Å²) >= 11 is 0. The number of benzene rings is 2. The fraction of sp³-hybridized carbons (Fsp3) is 0.735. The van der Waals surface area contributed by atoms with E-state index in [2.05, 4.69) is 65.8 Å². The van der Waals surface area contributed by atoms with E-state index >= 15 is 0 Å². The van der Waals surface area contributed by atoms with Crippen molar-refractivity contribution in [2.45, 2.75) is 324 Å². The van der Waals surface area contributed by atoms with E-state index in [1.165, 1.54) is 12.2 Å². The standard InChI is InChI=1S/C98H138O22/c1-11-109-91(107)45-61(3)55-111-71-31-27-65(28-32-71)47-67-19-13-15-21-81(67)119-89(105)39-25-63(5)75-35-37-77-93-79(53-85(115-59-101)97(75,77)9)95(7)43-41-73(49-69(95)51-83(93)113-57-99)117-87(103)23-17-18-24-88(104)118-74-42-44-96(8)70(50-74)52-84(114-58-100)94-78-38-36-76(98(78,10)86(116-60-102)54-80(94)96)64(6)26-40-90(106)120-82-22-16-14-20-68(82)48-66-29-33-72(34-30-66)112-56-62(4)46-92(108)110-12-2/h27-34,45-46,57-60,63-64,67-70,73-86,93-94H,11-26,35-44,47-56H2,1-10H3/b61-45-,62-46-/t63-,64-,67?,68?,69+,70+,73-,74-,75-,76-,77+,78+,79+,80+,81?,82?,83-,84-,85+,86+,93+,94+,95+,96+,97-,98-/m1/s1. The number of carbonyl (C=O) groups excluding carboxylic acids is 10. The Bertz CT molecular complexity index is 3620. The Kier molecular flexibility index (Phi) is 31.7. The molecule has 10 fully saturated rings. The van der Waals surface area contributed by atoms with Crippen molar-refractivity contribution >= 4 is 61.7 Å². The Hall–Kier alpha value is -7.78. The van der Waals surface area contributed by atoms with Crippen LogP contribution in [0.1, 0.15) is 273 Å². The molecule has 22 nitrogen and oxygen atoms in total. The molecule has 22 heteroatoms. The summed E-state index contributed by atoms with van der Waals surface area (Å²) in [5.74, 6) is 1.16. The summed E-state index contributed by atoms with van der Waals surface area (Å²) in [5.41, 5.74) is 2.56. The number of hydrogen-bond acceptors (Lipinski definition) is 22. The number of fused-ring (bicyclic) bond motifs is 10. The third-order valence-electron chi connectivity index (χ3n) is 32.3. The van der Waals surface area contributed by atoms with Crippen molar-refractivity contribution in [1.82, 2.24) is 0 Å². The third-order valence-corrected chi connectivity index (χ3v) is 32.3. The first-order valence-electron chi connectivity index (χ1n) is 46.0. The average molecular weight is 1670 g/mol. The second kappa shape index (κ2) is 41.6. The normalized spacial score (nSPS) is 35.5. The van der Waals surface area contributed by atoms with Crippen LogP contribution in [-0.2, 0) is 108 Å². The van der Waals surface area contributed by atoms with Crippen molar-refractivity contribution in [3.05, 3.63) is 83.0 Å². The van der Waals surface area contributed by atoms with Gasteiger partial charge in [-0.15, -0.1) is 0 Å². The molecule has 0 aliphatic heterocycles. The van der Waals surface area contributed by atoms with Crippen LogP contribution in [0.2, 0.25) is 0 Å². The molecule has 120 heavy (non-hydrogen) atoms. The predicted octanol–water partition coefficient (Wildman–Crippen LogP) is 17.6. The molecule has 0 spiro atoms. The highest BCUT2D eigenvalue weighted by Gasteiger charge is 2.70.